The summed E-state index contributed by atoms with van der Waals surface area (Å²) < 4.78 is 10.5. The maximum Gasteiger partial charge on any atom is 0.256 e. The zero-order chi connectivity index (χ0) is 14.3. The van der Waals surface area contributed by atoms with Crippen LogP contribution in [0.15, 0.2) is 24.3 Å². The number of benzene rings is 1. The molecule has 0 aliphatic heterocycles. The molecule has 1 aromatic carbocycles. The molecule has 102 valence electrons. The topological polar surface area (TPSA) is 71.3 Å². The maximum atomic E-state index is 12.2. The fraction of sp³-hybridized carbons (Fsp3) is 0.429. The van der Waals surface area contributed by atoms with E-state index in [0.717, 1.165) is 0 Å². The molecule has 5 nitrogen and oxygen atoms in total. The Labute approximate surface area is 113 Å². The smallest absolute Gasteiger partial charge is 0.256 e. The van der Waals surface area contributed by atoms with Gasteiger partial charge in [-0.15, -0.1) is 0 Å². The molecule has 0 fully saturated rings. The number of ether oxygens (including phenoxy) is 2. The lowest BCUT2D eigenvalue weighted by atomic mass is 10.0. The Kier molecular flexibility index (Phi) is 5.34. The summed E-state index contributed by atoms with van der Waals surface area (Å²) >= 11 is 0. The van der Waals surface area contributed by atoms with E-state index in [0.29, 0.717) is 17.9 Å². The van der Waals surface area contributed by atoms with E-state index in [9.17, 15) is 4.79 Å². The Hall–Kier alpha value is -2.06. The molecule has 0 radical (unpaired) electrons. The van der Waals surface area contributed by atoms with E-state index in [1.165, 1.54) is 7.11 Å². The number of anilines is 1. The van der Waals surface area contributed by atoms with Gasteiger partial charge >= 0.3 is 0 Å². The van der Waals surface area contributed by atoms with E-state index < -0.39 is 5.60 Å². The lowest BCUT2D eigenvalue weighted by Gasteiger charge is -2.25. The van der Waals surface area contributed by atoms with Gasteiger partial charge in [0.15, 0.2) is 6.61 Å². The van der Waals surface area contributed by atoms with Crippen LogP contribution in [0.25, 0.3) is 0 Å². The van der Waals surface area contributed by atoms with Gasteiger partial charge in [-0.05, 0) is 25.5 Å². The number of hydrogen-bond acceptors (Lipinski definition) is 4. The van der Waals surface area contributed by atoms with Gasteiger partial charge in [0.05, 0.1) is 5.69 Å². The molecule has 1 amide bonds. The third-order valence-corrected chi connectivity index (χ3v) is 3.03. The van der Waals surface area contributed by atoms with Crippen molar-refractivity contribution in [1.82, 2.24) is 0 Å². The number of para-hydroxylation sites is 2. The average molecular weight is 262 g/mol. The normalized spacial score (nSPS) is 13.2. The summed E-state index contributed by atoms with van der Waals surface area (Å²) in [6, 6.07) is 8.86. The number of rotatable bonds is 6. The number of hydrogen-bond donors (Lipinski definition) is 1. The van der Waals surface area contributed by atoms with E-state index in [4.69, 9.17) is 14.7 Å². The van der Waals surface area contributed by atoms with Crippen molar-refractivity contribution < 1.29 is 14.3 Å². The molecule has 0 bridgehead atoms. The number of carbonyl (C=O) groups excluding carboxylic acids is 1. The Bertz CT molecular complexity index is 476. The van der Waals surface area contributed by atoms with Crippen molar-refractivity contribution in [3.05, 3.63) is 24.3 Å². The Morgan fingerprint density at radius 3 is 2.74 bits per heavy atom. The second-order valence-corrected chi connectivity index (χ2v) is 4.19. The highest BCUT2D eigenvalue weighted by molar-refractivity contribution is 5.98. The first-order chi connectivity index (χ1) is 9.07. The van der Waals surface area contributed by atoms with E-state index in [-0.39, 0.29) is 12.5 Å². The summed E-state index contributed by atoms with van der Waals surface area (Å²) in [7, 11) is 1.50. The quantitative estimate of drug-likeness (QED) is 0.854. The molecule has 1 aromatic rings. The molecular weight excluding hydrogens is 244 g/mol. The van der Waals surface area contributed by atoms with Crippen LogP contribution in [-0.4, -0.2) is 25.2 Å². The van der Waals surface area contributed by atoms with E-state index in [1.807, 2.05) is 13.0 Å². The van der Waals surface area contributed by atoms with Crippen molar-refractivity contribution in [3.63, 3.8) is 0 Å². The Morgan fingerprint density at radius 2 is 2.16 bits per heavy atom. The average Bonchev–Trinajstić information content (AvgIpc) is 2.45. The monoisotopic (exact) mass is 262 g/mol. The van der Waals surface area contributed by atoms with Gasteiger partial charge in [-0.2, -0.15) is 5.26 Å². The van der Waals surface area contributed by atoms with Gasteiger partial charge in [0.1, 0.15) is 17.4 Å². The minimum Gasteiger partial charge on any atom is -0.477 e. The largest absolute Gasteiger partial charge is 0.477 e. The van der Waals surface area contributed by atoms with Crippen LogP contribution in [0.1, 0.15) is 20.3 Å². The molecule has 0 aromatic heterocycles. The minimum atomic E-state index is -0.887. The van der Waals surface area contributed by atoms with Crippen LogP contribution in [0.2, 0.25) is 0 Å². The van der Waals surface area contributed by atoms with Crippen molar-refractivity contribution in [2.45, 2.75) is 25.9 Å². The second kappa shape index (κ2) is 6.76. The van der Waals surface area contributed by atoms with Crippen molar-refractivity contribution in [3.8, 4) is 11.8 Å². The van der Waals surface area contributed by atoms with E-state index in [1.54, 1.807) is 31.2 Å². The molecule has 0 saturated carbocycles. The van der Waals surface area contributed by atoms with Gasteiger partial charge in [-0.1, -0.05) is 19.1 Å². The van der Waals surface area contributed by atoms with E-state index >= 15 is 0 Å². The lowest BCUT2D eigenvalue weighted by molar-refractivity contribution is -0.136. The number of nitrogens with one attached hydrogen (secondary N) is 1. The number of methoxy groups -OCH3 is 1. The van der Waals surface area contributed by atoms with Crippen LogP contribution in [0.5, 0.6) is 5.75 Å². The molecule has 1 atom stereocenters. The van der Waals surface area contributed by atoms with Crippen LogP contribution in [0.4, 0.5) is 5.69 Å². The highest BCUT2D eigenvalue weighted by Crippen LogP contribution is 2.26. The standard InChI is InChI=1S/C14H18N2O3/c1-4-14(2,18-3)13(17)16-11-7-5-6-8-12(11)19-10-9-15/h5-8H,4,10H2,1-3H3,(H,16,17). The third kappa shape index (κ3) is 3.70. The first-order valence-electron chi connectivity index (χ1n) is 6.02. The summed E-state index contributed by atoms with van der Waals surface area (Å²) in [6.45, 7) is 3.53. The molecular formula is C14H18N2O3. The molecule has 0 heterocycles. The van der Waals surface area contributed by atoms with Crippen LogP contribution >= 0.6 is 0 Å². The van der Waals surface area contributed by atoms with Crippen molar-refractivity contribution in [2.75, 3.05) is 19.0 Å². The van der Waals surface area contributed by atoms with Crippen LogP contribution in [0, 0.1) is 11.3 Å². The van der Waals surface area contributed by atoms with Gasteiger partial charge < -0.3 is 14.8 Å². The zero-order valence-corrected chi connectivity index (χ0v) is 11.4. The van der Waals surface area contributed by atoms with Gasteiger partial charge in [-0.25, -0.2) is 0 Å². The molecule has 1 unspecified atom stereocenters. The first kappa shape index (κ1) is 15.0. The van der Waals surface area contributed by atoms with E-state index in [2.05, 4.69) is 5.32 Å². The lowest BCUT2D eigenvalue weighted by Crippen LogP contribution is -2.41. The summed E-state index contributed by atoms with van der Waals surface area (Å²) in [5.74, 6) is 0.220. The molecule has 19 heavy (non-hydrogen) atoms. The molecule has 0 aliphatic carbocycles. The highest BCUT2D eigenvalue weighted by atomic mass is 16.5. The van der Waals surface area contributed by atoms with Gasteiger partial charge in [-0.3, -0.25) is 4.79 Å². The number of nitriles is 1. The summed E-state index contributed by atoms with van der Waals surface area (Å²) in [5.41, 5.74) is -0.359. The Morgan fingerprint density at radius 1 is 1.47 bits per heavy atom. The highest BCUT2D eigenvalue weighted by Gasteiger charge is 2.31. The molecule has 1 rings (SSSR count). The van der Waals surface area contributed by atoms with Crippen LogP contribution < -0.4 is 10.1 Å². The number of nitrogens with zero attached hydrogens (tertiary/aromatic N) is 1. The molecule has 0 saturated heterocycles. The van der Waals surface area contributed by atoms with Gasteiger partial charge in [0, 0.05) is 7.11 Å². The molecule has 0 spiro atoms. The fourth-order valence-electron chi connectivity index (χ4n) is 1.46. The fourth-order valence-corrected chi connectivity index (χ4v) is 1.46. The summed E-state index contributed by atoms with van der Waals surface area (Å²) in [4.78, 5) is 12.2. The number of amides is 1. The first-order valence-corrected chi connectivity index (χ1v) is 6.02. The summed E-state index contributed by atoms with van der Waals surface area (Å²) in [6.07, 6.45) is 0.552. The van der Waals surface area contributed by atoms with Gasteiger partial charge in [0.2, 0.25) is 0 Å². The molecule has 5 heteroatoms. The SMILES string of the molecule is CCC(C)(OC)C(=O)Nc1ccccc1OCC#N. The maximum absolute atomic E-state index is 12.2. The predicted molar refractivity (Wildman–Crippen MR) is 71.9 cm³/mol. The van der Waals surface area contributed by atoms with Crippen molar-refractivity contribution in [2.24, 2.45) is 0 Å². The zero-order valence-electron chi connectivity index (χ0n) is 11.4. The number of carbonyl (C=O) groups is 1. The summed E-state index contributed by atoms with van der Waals surface area (Å²) in [5, 5.41) is 11.3. The Balaban J connectivity index is 2.88. The molecule has 1 N–H and O–H groups in total. The van der Waals surface area contributed by atoms with Crippen LogP contribution in [0.3, 0.4) is 0 Å². The molecule has 0 aliphatic rings. The second-order valence-electron chi connectivity index (χ2n) is 4.19. The van der Waals surface area contributed by atoms with Gasteiger partial charge in [0.25, 0.3) is 5.91 Å². The van der Waals surface area contributed by atoms with Crippen LogP contribution in [-0.2, 0) is 9.53 Å². The predicted octanol–water partition coefficient (Wildman–Crippen LogP) is 2.34. The minimum absolute atomic E-state index is 0.0673. The van der Waals surface area contributed by atoms with Crippen molar-refractivity contribution >= 4 is 11.6 Å². The van der Waals surface area contributed by atoms with Crippen molar-refractivity contribution in [1.29, 1.82) is 5.26 Å². The third-order valence-electron chi connectivity index (χ3n) is 3.03.